The number of carbonyl (C=O) groups excluding carboxylic acids is 2. The van der Waals surface area contributed by atoms with Crippen LogP contribution in [0.25, 0.3) is 10.8 Å². The number of nitrogens with one attached hydrogen (secondary N) is 1. The van der Waals surface area contributed by atoms with E-state index in [9.17, 15) is 9.59 Å². The number of amides is 2. The molecule has 1 N–H and O–H groups in total. The molecule has 0 unspecified atom stereocenters. The summed E-state index contributed by atoms with van der Waals surface area (Å²) in [4.78, 5) is 34.5. The summed E-state index contributed by atoms with van der Waals surface area (Å²) in [7, 11) is 0. The van der Waals surface area contributed by atoms with Gasteiger partial charge >= 0.3 is 0 Å². The first-order valence-electron chi connectivity index (χ1n) is 12.1. The number of halogens is 1. The molecule has 2 aromatic carbocycles. The van der Waals surface area contributed by atoms with Crippen LogP contribution in [0.1, 0.15) is 42.5 Å². The molecular weight excluding hydrogens is 448 g/mol. The number of benzene rings is 2. The van der Waals surface area contributed by atoms with Gasteiger partial charge in [0, 0.05) is 71.5 Å². The summed E-state index contributed by atoms with van der Waals surface area (Å²) in [5.41, 5.74) is 2.64. The number of likely N-dealkylation sites (tertiary alicyclic amines) is 1. The molecule has 1 aromatic heterocycles. The maximum atomic E-state index is 13.1. The van der Waals surface area contributed by atoms with Gasteiger partial charge in [-0.2, -0.15) is 0 Å². The average Bonchev–Trinajstić information content (AvgIpc) is 2.89. The molecule has 0 aliphatic carbocycles. The largest absolute Gasteiger partial charge is 0.371 e. The van der Waals surface area contributed by atoms with Crippen molar-refractivity contribution in [3.05, 3.63) is 65.4 Å². The molecular formula is C27H29ClN4O2. The van der Waals surface area contributed by atoms with Crippen LogP contribution < -0.4 is 10.2 Å². The van der Waals surface area contributed by atoms with Crippen LogP contribution in [0, 0.1) is 5.92 Å². The summed E-state index contributed by atoms with van der Waals surface area (Å²) >= 11 is 5.93. The van der Waals surface area contributed by atoms with Crippen molar-refractivity contribution in [2.45, 2.75) is 32.1 Å². The fourth-order valence-electron chi connectivity index (χ4n) is 5.05. The van der Waals surface area contributed by atoms with Crippen molar-refractivity contribution >= 4 is 45.6 Å². The molecule has 2 aliphatic rings. The summed E-state index contributed by atoms with van der Waals surface area (Å²) in [6.07, 6.45) is 8.66. The van der Waals surface area contributed by atoms with E-state index in [0.29, 0.717) is 36.5 Å². The van der Waals surface area contributed by atoms with Crippen molar-refractivity contribution in [1.82, 2.24) is 9.88 Å². The number of nitrogens with zero attached hydrogens (tertiary/aromatic N) is 3. The number of fused-ring (bicyclic) bond motifs is 1. The van der Waals surface area contributed by atoms with E-state index in [0.717, 1.165) is 29.5 Å². The van der Waals surface area contributed by atoms with Crippen LogP contribution in [-0.2, 0) is 4.79 Å². The Morgan fingerprint density at radius 3 is 2.35 bits per heavy atom. The lowest BCUT2D eigenvalue weighted by Crippen LogP contribution is -2.41. The van der Waals surface area contributed by atoms with Crippen molar-refractivity contribution in [3.8, 4) is 0 Å². The normalized spacial score (nSPS) is 17.1. The Labute approximate surface area is 204 Å². The minimum atomic E-state index is -0.122. The number of pyridine rings is 1. The summed E-state index contributed by atoms with van der Waals surface area (Å²) in [5, 5.41) is 5.85. The van der Waals surface area contributed by atoms with Crippen molar-refractivity contribution in [2.24, 2.45) is 5.92 Å². The Morgan fingerprint density at radius 2 is 1.62 bits per heavy atom. The second-order valence-electron chi connectivity index (χ2n) is 9.16. The lowest BCUT2D eigenvalue weighted by atomic mass is 9.95. The lowest BCUT2D eigenvalue weighted by molar-refractivity contribution is -0.121. The molecule has 6 nitrogen and oxygen atoms in total. The van der Waals surface area contributed by atoms with Crippen LogP contribution in [0.15, 0.2) is 54.9 Å². The van der Waals surface area contributed by atoms with Gasteiger partial charge < -0.3 is 15.1 Å². The predicted octanol–water partition coefficient (Wildman–Crippen LogP) is 5.37. The van der Waals surface area contributed by atoms with Gasteiger partial charge in [-0.3, -0.25) is 14.6 Å². The van der Waals surface area contributed by atoms with E-state index in [1.807, 2.05) is 29.4 Å². The molecule has 0 saturated carbocycles. The smallest absolute Gasteiger partial charge is 0.253 e. The van der Waals surface area contributed by atoms with Gasteiger partial charge in [0.1, 0.15) is 0 Å². The monoisotopic (exact) mass is 476 g/mol. The Morgan fingerprint density at radius 1 is 0.882 bits per heavy atom. The van der Waals surface area contributed by atoms with E-state index in [4.69, 9.17) is 11.6 Å². The number of carbonyl (C=O) groups is 2. The molecule has 176 valence electrons. The van der Waals surface area contributed by atoms with E-state index < -0.39 is 0 Å². The number of aromatic nitrogens is 1. The van der Waals surface area contributed by atoms with Gasteiger partial charge in [0.25, 0.3) is 5.91 Å². The van der Waals surface area contributed by atoms with Crippen molar-refractivity contribution in [3.63, 3.8) is 0 Å². The van der Waals surface area contributed by atoms with Crippen molar-refractivity contribution in [2.75, 3.05) is 36.4 Å². The summed E-state index contributed by atoms with van der Waals surface area (Å²) in [6.45, 7) is 3.26. The van der Waals surface area contributed by atoms with Crippen LogP contribution in [0.4, 0.5) is 11.4 Å². The summed E-state index contributed by atoms with van der Waals surface area (Å²) < 4.78 is 0. The van der Waals surface area contributed by atoms with Crippen LogP contribution in [0.2, 0.25) is 5.02 Å². The van der Waals surface area contributed by atoms with Gasteiger partial charge in [-0.1, -0.05) is 11.6 Å². The highest BCUT2D eigenvalue weighted by Crippen LogP contribution is 2.34. The fourth-order valence-corrected chi connectivity index (χ4v) is 5.17. The molecule has 0 spiro atoms. The maximum absolute atomic E-state index is 13.1. The minimum Gasteiger partial charge on any atom is -0.371 e. The summed E-state index contributed by atoms with van der Waals surface area (Å²) in [6, 6.07) is 13.1. The van der Waals surface area contributed by atoms with Gasteiger partial charge in [-0.25, -0.2) is 0 Å². The topological polar surface area (TPSA) is 65.5 Å². The molecule has 0 radical (unpaired) electrons. The van der Waals surface area contributed by atoms with Crippen LogP contribution >= 0.6 is 11.6 Å². The molecule has 3 heterocycles. The zero-order chi connectivity index (χ0) is 23.5. The lowest BCUT2D eigenvalue weighted by Gasteiger charge is -2.32. The molecule has 7 heteroatoms. The van der Waals surface area contributed by atoms with Crippen LogP contribution in [0.5, 0.6) is 0 Å². The van der Waals surface area contributed by atoms with E-state index in [1.165, 1.54) is 24.9 Å². The van der Waals surface area contributed by atoms with Gasteiger partial charge in [-0.05, 0) is 74.6 Å². The van der Waals surface area contributed by atoms with Crippen molar-refractivity contribution < 1.29 is 9.59 Å². The highest BCUT2D eigenvalue weighted by Gasteiger charge is 2.28. The molecule has 5 rings (SSSR count). The Bertz CT molecular complexity index is 1180. The highest BCUT2D eigenvalue weighted by atomic mass is 35.5. The summed E-state index contributed by atoms with van der Waals surface area (Å²) in [5.74, 6) is -0.127. The SMILES string of the molecule is O=C(Nc1ccc(N2CCCCC2)c2ccncc12)C1CCN(C(=O)c2ccc(Cl)cc2)CC1. The predicted molar refractivity (Wildman–Crippen MR) is 137 cm³/mol. The number of anilines is 2. The fraction of sp³-hybridized carbons (Fsp3) is 0.370. The number of piperidine rings is 2. The highest BCUT2D eigenvalue weighted by molar-refractivity contribution is 6.30. The second kappa shape index (κ2) is 10.0. The van der Waals surface area contributed by atoms with E-state index in [-0.39, 0.29) is 17.7 Å². The number of hydrogen-bond acceptors (Lipinski definition) is 4. The zero-order valence-electron chi connectivity index (χ0n) is 19.2. The molecule has 0 bridgehead atoms. The molecule has 2 saturated heterocycles. The number of hydrogen-bond donors (Lipinski definition) is 1. The first-order valence-corrected chi connectivity index (χ1v) is 12.5. The zero-order valence-corrected chi connectivity index (χ0v) is 19.9. The quantitative estimate of drug-likeness (QED) is 0.549. The second-order valence-corrected chi connectivity index (χ2v) is 9.60. The minimum absolute atomic E-state index is 0.00877. The molecule has 34 heavy (non-hydrogen) atoms. The standard InChI is InChI=1S/C27H29ClN4O2/c28-21-6-4-20(5-7-21)27(34)32-16-11-19(12-17-32)26(33)30-24-8-9-25(31-14-2-1-3-15-31)22-10-13-29-18-23(22)24/h4-10,13,18-19H,1-3,11-12,14-17H2,(H,30,33). The molecule has 2 aliphatic heterocycles. The third kappa shape index (κ3) is 4.73. The van der Waals surface area contributed by atoms with Gasteiger partial charge in [0.05, 0.1) is 5.69 Å². The first kappa shape index (κ1) is 22.7. The molecule has 2 amide bonds. The Balaban J connectivity index is 1.25. The third-order valence-corrected chi connectivity index (χ3v) is 7.25. The van der Waals surface area contributed by atoms with Crippen molar-refractivity contribution in [1.29, 1.82) is 0 Å². The van der Waals surface area contributed by atoms with E-state index in [2.05, 4.69) is 21.3 Å². The Kier molecular flexibility index (Phi) is 6.68. The molecule has 2 fully saturated rings. The van der Waals surface area contributed by atoms with Crippen LogP contribution in [-0.4, -0.2) is 47.9 Å². The number of rotatable bonds is 4. The van der Waals surface area contributed by atoms with E-state index in [1.54, 1.807) is 24.3 Å². The van der Waals surface area contributed by atoms with Gasteiger partial charge in [0.2, 0.25) is 5.91 Å². The average molecular weight is 477 g/mol. The molecule has 0 atom stereocenters. The maximum Gasteiger partial charge on any atom is 0.253 e. The third-order valence-electron chi connectivity index (χ3n) is 6.99. The van der Waals surface area contributed by atoms with Gasteiger partial charge in [-0.15, -0.1) is 0 Å². The van der Waals surface area contributed by atoms with E-state index >= 15 is 0 Å². The van der Waals surface area contributed by atoms with Crippen LogP contribution in [0.3, 0.4) is 0 Å². The molecule has 3 aromatic rings. The van der Waals surface area contributed by atoms with Gasteiger partial charge in [0.15, 0.2) is 0 Å². The first-order chi connectivity index (χ1) is 16.6. The Hall–Kier alpha value is -3.12.